The zero-order valence-electron chi connectivity index (χ0n) is 12.0. The summed E-state index contributed by atoms with van der Waals surface area (Å²) < 4.78 is 11.1. The fourth-order valence-corrected chi connectivity index (χ4v) is 2.51. The lowest BCUT2D eigenvalue weighted by Gasteiger charge is -2.10. The van der Waals surface area contributed by atoms with Gasteiger partial charge >= 0.3 is 0 Å². The van der Waals surface area contributed by atoms with E-state index in [2.05, 4.69) is 12.2 Å². The van der Waals surface area contributed by atoms with Crippen LogP contribution in [0.1, 0.15) is 32.1 Å². The minimum atomic E-state index is -0.132. The Morgan fingerprint density at radius 1 is 1.50 bits per heavy atom. The van der Waals surface area contributed by atoms with E-state index in [9.17, 15) is 4.79 Å². The summed E-state index contributed by atoms with van der Waals surface area (Å²) in [5.41, 5.74) is 0.728. The van der Waals surface area contributed by atoms with Gasteiger partial charge in [-0.25, -0.2) is 0 Å². The van der Waals surface area contributed by atoms with Gasteiger partial charge in [0, 0.05) is 11.3 Å². The van der Waals surface area contributed by atoms with Gasteiger partial charge in [-0.15, -0.1) is 0 Å². The maximum absolute atomic E-state index is 12.0. The molecule has 1 saturated carbocycles. The van der Waals surface area contributed by atoms with E-state index in [1.807, 2.05) is 31.2 Å². The van der Waals surface area contributed by atoms with Crippen molar-refractivity contribution in [2.75, 3.05) is 7.11 Å². The Kier molecular flexibility index (Phi) is 3.16. The molecule has 2 aromatic rings. The van der Waals surface area contributed by atoms with Gasteiger partial charge in [-0.2, -0.15) is 0 Å². The molecule has 20 heavy (non-hydrogen) atoms. The van der Waals surface area contributed by atoms with E-state index >= 15 is 0 Å². The fraction of sp³-hybridized carbons (Fsp3) is 0.438. The van der Waals surface area contributed by atoms with Crippen LogP contribution in [0.5, 0.6) is 5.75 Å². The second-order valence-electron chi connectivity index (χ2n) is 5.58. The molecule has 1 aromatic heterocycles. The van der Waals surface area contributed by atoms with Gasteiger partial charge < -0.3 is 14.5 Å². The van der Waals surface area contributed by atoms with E-state index in [0.717, 1.165) is 23.2 Å². The van der Waals surface area contributed by atoms with Crippen molar-refractivity contribution in [3.05, 3.63) is 30.0 Å². The second kappa shape index (κ2) is 4.85. The van der Waals surface area contributed by atoms with Crippen molar-refractivity contribution in [3.63, 3.8) is 0 Å². The van der Waals surface area contributed by atoms with Crippen molar-refractivity contribution in [2.24, 2.45) is 11.8 Å². The zero-order valence-corrected chi connectivity index (χ0v) is 12.0. The van der Waals surface area contributed by atoms with E-state index in [1.165, 1.54) is 0 Å². The topological polar surface area (TPSA) is 51.5 Å². The van der Waals surface area contributed by atoms with Crippen LogP contribution in [0.4, 0.5) is 0 Å². The van der Waals surface area contributed by atoms with Gasteiger partial charge in [-0.05, 0) is 31.4 Å². The first-order valence-electron chi connectivity index (χ1n) is 6.97. The molecule has 0 radical (unpaired) electrons. The molecule has 1 amide bonds. The highest BCUT2D eigenvalue weighted by Crippen LogP contribution is 2.38. The predicted octanol–water partition coefficient (Wildman–Crippen LogP) is 3.27. The molecule has 0 saturated heterocycles. The van der Waals surface area contributed by atoms with Crippen LogP contribution in [0.2, 0.25) is 0 Å². The summed E-state index contributed by atoms with van der Waals surface area (Å²) in [5, 5.41) is 4.00. The molecule has 0 spiro atoms. The third kappa shape index (κ3) is 2.26. The Bertz CT molecular complexity index is 646. The molecule has 1 heterocycles. The van der Waals surface area contributed by atoms with E-state index in [4.69, 9.17) is 9.15 Å². The number of carbonyl (C=O) groups excluding carboxylic acids is 1. The summed E-state index contributed by atoms with van der Waals surface area (Å²) in [6.07, 6.45) is 0.993. The van der Waals surface area contributed by atoms with Crippen LogP contribution in [0.25, 0.3) is 11.0 Å². The first-order chi connectivity index (χ1) is 9.60. The van der Waals surface area contributed by atoms with Crippen molar-refractivity contribution in [1.29, 1.82) is 0 Å². The molecule has 1 N–H and O–H groups in total. The lowest BCUT2D eigenvalue weighted by atomic mass is 10.2. The molecule has 4 heteroatoms. The number of fused-ring (bicyclic) bond motifs is 1. The number of hydrogen-bond donors (Lipinski definition) is 1. The van der Waals surface area contributed by atoms with E-state index in [-0.39, 0.29) is 17.9 Å². The van der Waals surface area contributed by atoms with Gasteiger partial charge in [0.2, 0.25) is 5.91 Å². The van der Waals surface area contributed by atoms with E-state index in [0.29, 0.717) is 11.7 Å². The lowest BCUT2D eigenvalue weighted by molar-refractivity contribution is -0.123. The molecule has 3 rings (SSSR count). The second-order valence-corrected chi connectivity index (χ2v) is 5.58. The highest BCUT2D eigenvalue weighted by Gasteiger charge is 2.39. The molecule has 4 nitrogen and oxygen atoms in total. The summed E-state index contributed by atoms with van der Waals surface area (Å²) >= 11 is 0. The minimum Gasteiger partial charge on any atom is -0.493 e. The summed E-state index contributed by atoms with van der Waals surface area (Å²) in [7, 11) is 1.62. The Balaban J connectivity index is 1.81. The number of methoxy groups -OCH3 is 1. The normalized spacial score (nSPS) is 22.6. The minimum absolute atomic E-state index is 0.123. The Labute approximate surface area is 118 Å². The highest BCUT2D eigenvalue weighted by atomic mass is 16.5. The number of benzene rings is 1. The maximum Gasteiger partial charge on any atom is 0.223 e. The van der Waals surface area contributed by atoms with Crippen LogP contribution >= 0.6 is 0 Å². The van der Waals surface area contributed by atoms with Crippen molar-refractivity contribution in [2.45, 2.75) is 26.3 Å². The quantitative estimate of drug-likeness (QED) is 0.930. The Hall–Kier alpha value is -1.97. The first-order valence-corrected chi connectivity index (χ1v) is 6.97. The molecule has 1 aliphatic rings. The third-order valence-electron chi connectivity index (χ3n) is 3.98. The molecule has 106 valence electrons. The Morgan fingerprint density at radius 2 is 2.25 bits per heavy atom. The zero-order chi connectivity index (χ0) is 14.3. The fourth-order valence-electron chi connectivity index (χ4n) is 2.51. The SMILES string of the molecule is COc1cccc2cc([C@H](C)NC(=O)[C@@H]3C[C@@H]3C)oc12. The number of amides is 1. The summed E-state index contributed by atoms with van der Waals surface area (Å²) in [4.78, 5) is 12.0. The molecule has 0 unspecified atom stereocenters. The number of nitrogens with one attached hydrogen (secondary N) is 1. The van der Waals surface area contributed by atoms with Gasteiger partial charge in [0.15, 0.2) is 11.3 Å². The van der Waals surface area contributed by atoms with Gasteiger partial charge in [0.1, 0.15) is 5.76 Å². The van der Waals surface area contributed by atoms with Crippen molar-refractivity contribution < 1.29 is 13.9 Å². The van der Waals surface area contributed by atoms with Gasteiger partial charge in [0.25, 0.3) is 0 Å². The van der Waals surface area contributed by atoms with Crippen LogP contribution < -0.4 is 10.1 Å². The number of rotatable bonds is 4. The number of hydrogen-bond acceptors (Lipinski definition) is 3. The maximum atomic E-state index is 12.0. The predicted molar refractivity (Wildman–Crippen MR) is 76.6 cm³/mol. The average molecular weight is 273 g/mol. The average Bonchev–Trinajstić information content (AvgIpc) is 3.01. The molecule has 0 bridgehead atoms. The molecule has 1 fully saturated rings. The van der Waals surface area contributed by atoms with Crippen LogP contribution in [-0.2, 0) is 4.79 Å². The van der Waals surface area contributed by atoms with Crippen molar-refractivity contribution in [3.8, 4) is 5.75 Å². The van der Waals surface area contributed by atoms with Gasteiger partial charge in [-0.1, -0.05) is 19.1 Å². The van der Waals surface area contributed by atoms with Crippen LogP contribution in [0.15, 0.2) is 28.7 Å². The van der Waals surface area contributed by atoms with E-state index in [1.54, 1.807) is 7.11 Å². The third-order valence-corrected chi connectivity index (χ3v) is 3.98. The number of ether oxygens (including phenoxy) is 1. The van der Waals surface area contributed by atoms with Crippen LogP contribution in [0, 0.1) is 11.8 Å². The van der Waals surface area contributed by atoms with Gasteiger partial charge in [0.05, 0.1) is 13.2 Å². The molecular weight excluding hydrogens is 254 g/mol. The standard InChI is InChI=1S/C16H19NO3/c1-9-7-12(9)16(18)17-10(2)14-8-11-5-4-6-13(19-3)15(11)20-14/h4-6,8-10,12H,7H2,1-3H3,(H,17,18)/t9-,10-,12+/m0/s1. The first kappa shape index (κ1) is 13.0. The smallest absolute Gasteiger partial charge is 0.223 e. The highest BCUT2D eigenvalue weighted by molar-refractivity contribution is 5.84. The number of para-hydroxylation sites is 1. The van der Waals surface area contributed by atoms with E-state index < -0.39 is 0 Å². The lowest BCUT2D eigenvalue weighted by Crippen LogP contribution is -2.28. The van der Waals surface area contributed by atoms with Gasteiger partial charge in [-0.3, -0.25) is 4.79 Å². The summed E-state index contributed by atoms with van der Waals surface area (Å²) in [5.74, 6) is 2.28. The van der Waals surface area contributed by atoms with Crippen molar-refractivity contribution in [1.82, 2.24) is 5.32 Å². The monoisotopic (exact) mass is 273 g/mol. The molecular formula is C16H19NO3. The summed E-state index contributed by atoms with van der Waals surface area (Å²) in [6.45, 7) is 4.04. The summed E-state index contributed by atoms with van der Waals surface area (Å²) in [6, 6.07) is 7.59. The molecule has 1 aromatic carbocycles. The largest absolute Gasteiger partial charge is 0.493 e. The molecule has 1 aliphatic carbocycles. The molecule has 3 atom stereocenters. The number of furan rings is 1. The Morgan fingerprint density at radius 3 is 2.90 bits per heavy atom. The number of carbonyl (C=O) groups is 1. The van der Waals surface area contributed by atoms with Crippen LogP contribution in [0.3, 0.4) is 0 Å². The van der Waals surface area contributed by atoms with Crippen LogP contribution in [-0.4, -0.2) is 13.0 Å². The molecule has 0 aliphatic heterocycles. The van der Waals surface area contributed by atoms with Crippen molar-refractivity contribution >= 4 is 16.9 Å².